The fraction of sp³-hybridized carbons (Fsp3) is 1.00. The first-order valence-corrected chi connectivity index (χ1v) is 8.22. The van der Waals surface area contributed by atoms with Gasteiger partial charge in [-0.25, -0.2) is 0 Å². The fourth-order valence-electron chi connectivity index (χ4n) is 2.87. The summed E-state index contributed by atoms with van der Waals surface area (Å²) in [5, 5.41) is 0. The number of hydrogen-bond acceptors (Lipinski definition) is 0. The van der Waals surface area contributed by atoms with Crippen LogP contribution in [-0.4, -0.2) is 0 Å². The maximum Gasteiger partial charge on any atom is -0.0417 e. The summed E-state index contributed by atoms with van der Waals surface area (Å²) >= 11 is 0. The molecule has 0 N–H and O–H groups in total. The largest absolute Gasteiger partial charge is 0.0683 e. The molecule has 0 aliphatic heterocycles. The highest BCUT2D eigenvalue weighted by molar-refractivity contribution is 4.68. The Labute approximate surface area is 111 Å². The number of hydrogen-bond donors (Lipinski definition) is 0. The van der Waals surface area contributed by atoms with Gasteiger partial charge in [0.15, 0.2) is 0 Å². The van der Waals surface area contributed by atoms with Gasteiger partial charge < -0.3 is 0 Å². The van der Waals surface area contributed by atoms with Crippen LogP contribution in [0, 0.1) is 17.8 Å². The highest BCUT2D eigenvalue weighted by Crippen LogP contribution is 2.29. The zero-order chi connectivity index (χ0) is 13.1. The van der Waals surface area contributed by atoms with Crippen LogP contribution >= 0.6 is 0 Å². The molecule has 0 saturated heterocycles. The minimum absolute atomic E-state index is 1.02. The van der Waals surface area contributed by atoms with Crippen LogP contribution in [0.25, 0.3) is 0 Å². The van der Waals surface area contributed by atoms with E-state index in [9.17, 15) is 0 Å². The number of rotatable bonds is 1. The van der Waals surface area contributed by atoms with E-state index in [1.165, 1.54) is 57.8 Å². The highest BCUT2D eigenvalue weighted by Gasteiger charge is 2.15. The van der Waals surface area contributed by atoms with Gasteiger partial charge in [0.25, 0.3) is 0 Å². The molecule has 0 spiro atoms. The quantitative estimate of drug-likeness (QED) is 0.494. The van der Waals surface area contributed by atoms with Crippen LogP contribution in [0.5, 0.6) is 0 Å². The predicted molar refractivity (Wildman–Crippen MR) is 80.4 cm³/mol. The zero-order valence-corrected chi connectivity index (χ0v) is 13.1. The molecule has 0 aromatic heterocycles. The molecule has 2 rings (SSSR count). The summed E-state index contributed by atoms with van der Waals surface area (Å²) in [4.78, 5) is 0. The lowest BCUT2D eigenvalue weighted by molar-refractivity contribution is 0.284. The monoisotopic (exact) mass is 240 g/mol. The van der Waals surface area contributed by atoms with Gasteiger partial charge >= 0.3 is 0 Å². The Balaban J connectivity index is 0.000000278. The van der Waals surface area contributed by atoms with Gasteiger partial charge in [0.05, 0.1) is 0 Å². The zero-order valence-electron chi connectivity index (χ0n) is 13.1. The van der Waals surface area contributed by atoms with Crippen molar-refractivity contribution >= 4 is 0 Å². The van der Waals surface area contributed by atoms with Crippen LogP contribution in [0.2, 0.25) is 0 Å². The van der Waals surface area contributed by atoms with Crippen molar-refractivity contribution in [2.75, 3.05) is 0 Å². The molecular formula is C17H36. The van der Waals surface area contributed by atoms with E-state index in [0.29, 0.717) is 0 Å². The second kappa shape index (κ2) is 11.1. The van der Waals surface area contributed by atoms with E-state index in [-0.39, 0.29) is 0 Å². The van der Waals surface area contributed by atoms with Gasteiger partial charge in [-0.05, 0) is 17.8 Å². The Morgan fingerprint density at radius 3 is 1.41 bits per heavy atom. The Kier molecular flexibility index (Phi) is 11.1. The second-order valence-corrected chi connectivity index (χ2v) is 5.92. The maximum absolute atomic E-state index is 2.38. The lowest BCUT2D eigenvalue weighted by Gasteiger charge is -2.24. The lowest BCUT2D eigenvalue weighted by atomic mass is 9.82. The average molecular weight is 240 g/mol. The highest BCUT2D eigenvalue weighted by atomic mass is 14.2. The minimum Gasteiger partial charge on any atom is -0.0683 e. The van der Waals surface area contributed by atoms with E-state index in [1.807, 2.05) is 13.8 Å². The molecule has 2 aliphatic carbocycles. The summed E-state index contributed by atoms with van der Waals surface area (Å²) in [5.74, 6) is 3.14. The molecular weight excluding hydrogens is 204 g/mol. The molecule has 2 fully saturated rings. The van der Waals surface area contributed by atoms with Gasteiger partial charge in [-0.15, -0.1) is 0 Å². The maximum atomic E-state index is 2.38. The standard InChI is InChI=1S/C9H18.C6H12.C2H6/c1-3-9-6-4-8(2)5-7-9;1-6-4-2-3-5-6;1-2/h8-9H,3-7H2,1-2H3;6H,2-5H2,1H3;1-2H3. The van der Waals surface area contributed by atoms with Gasteiger partial charge in [-0.1, -0.05) is 92.4 Å². The molecule has 0 unspecified atom stereocenters. The van der Waals surface area contributed by atoms with E-state index in [2.05, 4.69) is 20.8 Å². The summed E-state index contributed by atoms with van der Waals surface area (Å²) in [6, 6.07) is 0. The Hall–Kier alpha value is 0. The molecule has 0 radical (unpaired) electrons. The molecule has 0 nitrogen and oxygen atoms in total. The van der Waals surface area contributed by atoms with E-state index in [4.69, 9.17) is 0 Å². The minimum atomic E-state index is 1.02. The van der Waals surface area contributed by atoms with E-state index >= 15 is 0 Å². The molecule has 0 bridgehead atoms. The summed E-state index contributed by atoms with van der Waals surface area (Å²) < 4.78 is 0. The molecule has 0 heteroatoms. The Morgan fingerprint density at radius 2 is 1.12 bits per heavy atom. The van der Waals surface area contributed by atoms with Gasteiger partial charge in [0.1, 0.15) is 0 Å². The van der Waals surface area contributed by atoms with Gasteiger partial charge in [-0.3, -0.25) is 0 Å². The van der Waals surface area contributed by atoms with E-state index < -0.39 is 0 Å². The van der Waals surface area contributed by atoms with Crippen molar-refractivity contribution in [3.05, 3.63) is 0 Å². The summed E-state index contributed by atoms with van der Waals surface area (Å²) in [6.07, 6.45) is 13.3. The van der Waals surface area contributed by atoms with Crippen molar-refractivity contribution < 1.29 is 0 Å². The first-order chi connectivity index (χ1) is 8.22. The molecule has 104 valence electrons. The average Bonchev–Trinajstić information content (AvgIpc) is 2.85. The van der Waals surface area contributed by atoms with Crippen molar-refractivity contribution in [1.29, 1.82) is 0 Å². The van der Waals surface area contributed by atoms with Crippen LogP contribution in [0.4, 0.5) is 0 Å². The third-order valence-electron chi connectivity index (χ3n) is 4.36. The summed E-state index contributed by atoms with van der Waals surface area (Å²) in [5.41, 5.74) is 0. The van der Waals surface area contributed by atoms with Crippen molar-refractivity contribution in [1.82, 2.24) is 0 Å². The van der Waals surface area contributed by atoms with Crippen LogP contribution in [-0.2, 0) is 0 Å². The topological polar surface area (TPSA) is 0 Å². The van der Waals surface area contributed by atoms with Crippen molar-refractivity contribution in [3.8, 4) is 0 Å². The third-order valence-corrected chi connectivity index (χ3v) is 4.36. The van der Waals surface area contributed by atoms with Crippen LogP contribution in [0.1, 0.15) is 92.4 Å². The van der Waals surface area contributed by atoms with Gasteiger partial charge in [-0.2, -0.15) is 0 Å². The normalized spacial score (nSPS) is 28.8. The van der Waals surface area contributed by atoms with Crippen LogP contribution in [0.3, 0.4) is 0 Å². The molecule has 2 saturated carbocycles. The first kappa shape index (κ1) is 17.0. The lowest BCUT2D eigenvalue weighted by Crippen LogP contribution is -2.10. The predicted octanol–water partition coefficient (Wildman–Crippen LogP) is 6.45. The van der Waals surface area contributed by atoms with Gasteiger partial charge in [0, 0.05) is 0 Å². The smallest absolute Gasteiger partial charge is 0.0417 e. The molecule has 0 amide bonds. The fourth-order valence-corrected chi connectivity index (χ4v) is 2.87. The molecule has 0 aromatic carbocycles. The Bertz CT molecular complexity index is 136. The van der Waals surface area contributed by atoms with Crippen molar-refractivity contribution in [2.45, 2.75) is 92.4 Å². The van der Waals surface area contributed by atoms with Crippen LogP contribution in [0.15, 0.2) is 0 Å². The third kappa shape index (κ3) is 8.69. The summed E-state index contributed by atoms with van der Waals surface area (Å²) in [7, 11) is 0. The SMILES string of the molecule is CC.CC1CCCC1.CCC1CCC(C)CC1. The van der Waals surface area contributed by atoms with E-state index in [0.717, 1.165) is 17.8 Å². The molecule has 17 heavy (non-hydrogen) atoms. The first-order valence-electron chi connectivity index (χ1n) is 8.22. The second-order valence-electron chi connectivity index (χ2n) is 5.92. The molecule has 2 aliphatic rings. The van der Waals surface area contributed by atoms with Crippen molar-refractivity contribution in [3.63, 3.8) is 0 Å². The summed E-state index contributed by atoms with van der Waals surface area (Å²) in [6.45, 7) is 11.0. The molecule has 0 atom stereocenters. The van der Waals surface area contributed by atoms with Gasteiger partial charge in [0.2, 0.25) is 0 Å². The van der Waals surface area contributed by atoms with Crippen molar-refractivity contribution in [2.24, 2.45) is 17.8 Å². The van der Waals surface area contributed by atoms with E-state index in [1.54, 1.807) is 0 Å². The molecule has 0 aromatic rings. The Morgan fingerprint density at radius 1 is 0.706 bits per heavy atom. The molecule has 0 heterocycles. The van der Waals surface area contributed by atoms with Crippen LogP contribution < -0.4 is 0 Å².